The fourth-order valence-electron chi connectivity index (χ4n) is 4.06. The van der Waals surface area contributed by atoms with Crippen LogP contribution in [0.2, 0.25) is 0 Å². The lowest BCUT2D eigenvalue weighted by molar-refractivity contribution is 0.141. The van der Waals surface area contributed by atoms with Gasteiger partial charge >= 0.3 is 6.09 Å². The Morgan fingerprint density at radius 3 is 2.81 bits per heavy atom. The lowest BCUT2D eigenvalue weighted by atomic mass is 9.81. The molecule has 6 nitrogen and oxygen atoms in total. The molecular formula is C19H27N3O3S. The molecule has 7 heteroatoms. The van der Waals surface area contributed by atoms with Crippen LogP contribution in [0.4, 0.5) is 10.5 Å². The van der Waals surface area contributed by atoms with E-state index in [0.29, 0.717) is 16.8 Å². The van der Waals surface area contributed by atoms with Gasteiger partial charge in [-0.25, -0.2) is 4.79 Å². The molecular weight excluding hydrogens is 350 g/mol. The van der Waals surface area contributed by atoms with Gasteiger partial charge in [-0.2, -0.15) is 0 Å². The number of hydrogen-bond donors (Lipinski definition) is 2. The summed E-state index contributed by atoms with van der Waals surface area (Å²) in [4.78, 5) is 18.4. The number of ether oxygens (including phenoxy) is 1. The number of hydrogen-bond acceptors (Lipinski definition) is 5. The molecule has 3 rings (SSSR count). The van der Waals surface area contributed by atoms with Crippen molar-refractivity contribution in [3.8, 4) is 5.75 Å². The number of methoxy groups -OCH3 is 1. The lowest BCUT2D eigenvalue weighted by Gasteiger charge is -2.42. The predicted molar refractivity (Wildman–Crippen MR) is 106 cm³/mol. The lowest BCUT2D eigenvalue weighted by Crippen LogP contribution is -2.50. The molecule has 0 saturated heterocycles. The molecule has 2 unspecified atom stereocenters. The molecule has 0 radical (unpaired) electrons. The van der Waals surface area contributed by atoms with E-state index in [9.17, 15) is 9.90 Å². The van der Waals surface area contributed by atoms with Crippen molar-refractivity contribution in [1.29, 1.82) is 0 Å². The molecule has 2 atom stereocenters. The van der Waals surface area contributed by atoms with Crippen LogP contribution in [0.25, 0.3) is 0 Å². The molecule has 1 aliphatic carbocycles. The van der Waals surface area contributed by atoms with E-state index in [-0.39, 0.29) is 0 Å². The minimum atomic E-state index is -0.977. The quantitative estimate of drug-likeness (QED) is 0.756. The van der Waals surface area contributed by atoms with Gasteiger partial charge < -0.3 is 15.6 Å². The summed E-state index contributed by atoms with van der Waals surface area (Å²) < 4.78 is 5.61. The van der Waals surface area contributed by atoms with Gasteiger partial charge in [0.2, 0.25) is 0 Å². The average Bonchev–Trinajstić information content (AvgIpc) is 2.97. The number of nitrogens with two attached hydrogens (primary N) is 1. The topological polar surface area (TPSA) is 88.2 Å². The molecule has 26 heavy (non-hydrogen) atoms. The SMILES string of the molecule is COc1ccc(N)cc1C12CCCC1CSC(N(C(=O)O)C(C)(C)C)=N2. The number of benzene rings is 1. The number of nitrogens with zero attached hydrogens (tertiary/aromatic N) is 2. The molecule has 0 spiro atoms. The number of carbonyl (C=O) groups is 1. The molecule has 1 aliphatic heterocycles. The summed E-state index contributed by atoms with van der Waals surface area (Å²) in [5, 5.41) is 10.4. The Morgan fingerprint density at radius 1 is 1.46 bits per heavy atom. The maximum absolute atomic E-state index is 11.9. The van der Waals surface area contributed by atoms with E-state index in [4.69, 9.17) is 15.5 Å². The monoisotopic (exact) mass is 377 g/mol. The molecule has 1 saturated carbocycles. The van der Waals surface area contributed by atoms with Crippen LogP contribution in [0.3, 0.4) is 0 Å². The molecule has 1 aromatic rings. The van der Waals surface area contributed by atoms with E-state index >= 15 is 0 Å². The zero-order chi connectivity index (χ0) is 19.1. The first kappa shape index (κ1) is 18.9. The number of amides is 1. The van der Waals surface area contributed by atoms with Crippen LogP contribution in [0.1, 0.15) is 45.6 Å². The Balaban J connectivity index is 2.17. The van der Waals surface area contributed by atoms with E-state index in [1.165, 1.54) is 16.7 Å². The van der Waals surface area contributed by atoms with Crippen molar-refractivity contribution in [2.24, 2.45) is 10.9 Å². The van der Waals surface area contributed by atoms with Crippen molar-refractivity contribution < 1.29 is 14.6 Å². The van der Waals surface area contributed by atoms with Crippen molar-refractivity contribution in [2.75, 3.05) is 18.6 Å². The van der Waals surface area contributed by atoms with Crippen molar-refractivity contribution in [3.05, 3.63) is 23.8 Å². The number of nitrogen functional groups attached to an aromatic ring is 1. The first-order valence-electron chi connectivity index (χ1n) is 8.89. The second kappa shape index (κ2) is 6.68. The fourth-order valence-corrected chi connectivity index (χ4v) is 5.56. The maximum Gasteiger partial charge on any atom is 0.413 e. The molecule has 0 aromatic heterocycles. The number of carboxylic acid groups (broad SMARTS) is 1. The molecule has 2 aliphatic rings. The Bertz CT molecular complexity index is 744. The van der Waals surface area contributed by atoms with Crippen LogP contribution in [0.5, 0.6) is 5.75 Å². The molecule has 1 aromatic carbocycles. The molecule has 1 fully saturated rings. The number of thioether (sulfide) groups is 1. The highest BCUT2D eigenvalue weighted by Gasteiger charge is 2.50. The second-order valence-electron chi connectivity index (χ2n) is 7.97. The van der Waals surface area contributed by atoms with Gasteiger partial charge in [-0.1, -0.05) is 18.2 Å². The molecule has 0 bridgehead atoms. The fraction of sp³-hybridized carbons (Fsp3) is 0.579. The Kier molecular flexibility index (Phi) is 4.86. The summed E-state index contributed by atoms with van der Waals surface area (Å²) in [5.74, 6) is 1.96. The summed E-state index contributed by atoms with van der Waals surface area (Å²) in [6.07, 6.45) is 2.03. The van der Waals surface area contributed by atoms with Crippen molar-refractivity contribution in [1.82, 2.24) is 4.90 Å². The Hall–Kier alpha value is -1.89. The number of amidine groups is 1. The van der Waals surface area contributed by atoms with Gasteiger partial charge in [0.25, 0.3) is 0 Å². The number of fused-ring (bicyclic) bond motifs is 1. The van der Waals surface area contributed by atoms with Gasteiger partial charge in [-0.05, 0) is 57.7 Å². The number of rotatable bonds is 2. The number of anilines is 1. The third kappa shape index (κ3) is 3.13. The van der Waals surface area contributed by atoms with Gasteiger partial charge in [0.1, 0.15) is 5.75 Å². The molecule has 1 heterocycles. The summed E-state index contributed by atoms with van der Waals surface area (Å²) in [6, 6.07) is 5.64. The van der Waals surface area contributed by atoms with Crippen LogP contribution < -0.4 is 10.5 Å². The second-order valence-corrected chi connectivity index (χ2v) is 8.95. The van der Waals surface area contributed by atoms with Crippen LogP contribution in [0.15, 0.2) is 23.2 Å². The molecule has 1 amide bonds. The summed E-state index contributed by atoms with van der Waals surface area (Å²) in [6.45, 7) is 5.66. The largest absolute Gasteiger partial charge is 0.496 e. The zero-order valence-electron chi connectivity index (χ0n) is 15.8. The van der Waals surface area contributed by atoms with Crippen LogP contribution >= 0.6 is 11.8 Å². The van der Waals surface area contributed by atoms with Gasteiger partial charge in [0.05, 0.1) is 12.6 Å². The van der Waals surface area contributed by atoms with Crippen molar-refractivity contribution in [2.45, 2.75) is 51.1 Å². The van der Waals surface area contributed by atoms with E-state index in [1.807, 2.05) is 39.0 Å². The first-order valence-corrected chi connectivity index (χ1v) is 9.87. The predicted octanol–water partition coefficient (Wildman–Crippen LogP) is 4.15. The van der Waals surface area contributed by atoms with Crippen LogP contribution in [-0.2, 0) is 5.54 Å². The van der Waals surface area contributed by atoms with Gasteiger partial charge in [-0.3, -0.25) is 9.89 Å². The third-order valence-corrected chi connectivity index (χ3v) is 6.34. The molecule has 3 N–H and O–H groups in total. The van der Waals surface area contributed by atoms with Gasteiger partial charge in [0.15, 0.2) is 5.17 Å². The van der Waals surface area contributed by atoms with Crippen LogP contribution in [-0.4, -0.2) is 39.7 Å². The first-order chi connectivity index (χ1) is 12.2. The van der Waals surface area contributed by atoms with E-state index in [2.05, 4.69) is 0 Å². The van der Waals surface area contributed by atoms with Crippen molar-refractivity contribution in [3.63, 3.8) is 0 Å². The summed E-state index contributed by atoms with van der Waals surface area (Å²) in [5.41, 5.74) is 6.67. The molecule has 142 valence electrons. The van der Waals surface area contributed by atoms with E-state index < -0.39 is 17.2 Å². The van der Waals surface area contributed by atoms with Gasteiger partial charge in [0, 0.05) is 22.5 Å². The minimum Gasteiger partial charge on any atom is -0.496 e. The number of aliphatic imine (C=N–C) groups is 1. The third-order valence-electron chi connectivity index (χ3n) is 5.24. The van der Waals surface area contributed by atoms with Crippen LogP contribution in [0, 0.1) is 5.92 Å². The maximum atomic E-state index is 11.9. The summed E-state index contributed by atoms with van der Waals surface area (Å²) in [7, 11) is 1.65. The highest BCUT2D eigenvalue weighted by molar-refractivity contribution is 8.13. The average molecular weight is 378 g/mol. The van der Waals surface area contributed by atoms with Gasteiger partial charge in [-0.15, -0.1) is 0 Å². The minimum absolute atomic E-state index is 0.350. The highest BCUT2D eigenvalue weighted by atomic mass is 32.2. The Labute approximate surface area is 158 Å². The zero-order valence-corrected chi connectivity index (χ0v) is 16.6. The Morgan fingerprint density at radius 2 is 2.19 bits per heavy atom. The summed E-state index contributed by atoms with van der Waals surface area (Å²) >= 11 is 1.54. The van der Waals surface area contributed by atoms with E-state index in [1.54, 1.807) is 7.11 Å². The smallest absolute Gasteiger partial charge is 0.413 e. The van der Waals surface area contributed by atoms with Crippen molar-refractivity contribution >= 4 is 28.7 Å². The van der Waals surface area contributed by atoms with E-state index in [0.717, 1.165) is 36.3 Å². The normalized spacial score (nSPS) is 25.4. The standard InChI is InChI=1S/C19H27N3O3S/c1-18(2,3)22(17(23)24)16-21-19(9-5-6-12(19)11-26-16)14-10-13(20)7-8-15(14)25-4/h7-8,10,12H,5-6,9,11,20H2,1-4H3,(H,23,24). The highest BCUT2D eigenvalue weighted by Crippen LogP contribution is 2.54.